The van der Waals surface area contributed by atoms with Crippen molar-refractivity contribution in [1.82, 2.24) is 0 Å². The average Bonchev–Trinajstić information content (AvgIpc) is 2.19. The van der Waals surface area contributed by atoms with Crippen LogP contribution in [-0.4, -0.2) is 12.6 Å². The molecule has 14 heavy (non-hydrogen) atoms. The summed E-state index contributed by atoms with van der Waals surface area (Å²) in [5.41, 5.74) is 0. The molecule has 0 heterocycles. The number of carbonyl (C=O) groups excluding carboxylic acids is 2. The molecule has 0 saturated heterocycles. The molecule has 0 rings (SSSR count). The average molecular weight is 200 g/mol. The van der Waals surface area contributed by atoms with Crippen LogP contribution in [0.5, 0.6) is 0 Å². The van der Waals surface area contributed by atoms with Crippen LogP contribution in [0.3, 0.4) is 0 Å². The molecule has 84 valence electrons. The second-order valence-electron chi connectivity index (χ2n) is 3.80. The summed E-state index contributed by atoms with van der Waals surface area (Å²) < 4.78 is 0. The third-order valence-electron chi connectivity index (χ3n) is 1.95. The minimum atomic E-state index is 0.269. The van der Waals surface area contributed by atoms with Crippen molar-refractivity contribution in [2.75, 3.05) is 0 Å². The molecular formula is C12H24O2. The Bertz CT molecular complexity index is 116. The summed E-state index contributed by atoms with van der Waals surface area (Å²) in [5.74, 6) is 0.537. The molecule has 0 aliphatic heterocycles. The van der Waals surface area contributed by atoms with E-state index in [9.17, 15) is 9.59 Å². The van der Waals surface area contributed by atoms with Crippen LogP contribution in [0.4, 0.5) is 0 Å². The van der Waals surface area contributed by atoms with E-state index in [1.54, 1.807) is 0 Å². The fourth-order valence-corrected chi connectivity index (χ4v) is 1.05. The van der Waals surface area contributed by atoms with E-state index in [2.05, 4.69) is 13.8 Å². The van der Waals surface area contributed by atoms with Gasteiger partial charge in [0.2, 0.25) is 0 Å². The highest BCUT2D eigenvalue weighted by Crippen LogP contribution is 1.99. The topological polar surface area (TPSA) is 34.1 Å². The van der Waals surface area contributed by atoms with Gasteiger partial charge in [0, 0.05) is 11.8 Å². The first-order valence-electron chi connectivity index (χ1n) is 5.52. The van der Waals surface area contributed by atoms with Gasteiger partial charge >= 0.3 is 0 Å². The van der Waals surface area contributed by atoms with Gasteiger partial charge in [0.05, 0.1) is 0 Å². The number of hydrogen-bond donors (Lipinski definition) is 0. The Kier molecular flexibility index (Phi) is 13.9. The monoisotopic (exact) mass is 200 g/mol. The molecule has 0 bridgehead atoms. The van der Waals surface area contributed by atoms with E-state index >= 15 is 0 Å². The highest BCUT2D eigenvalue weighted by atomic mass is 16.1. The maximum atomic E-state index is 9.89. The van der Waals surface area contributed by atoms with Gasteiger partial charge in [-0.1, -0.05) is 40.5 Å². The fraction of sp³-hybridized carbons (Fsp3) is 0.833. The van der Waals surface area contributed by atoms with Crippen LogP contribution in [0.1, 0.15) is 53.4 Å². The summed E-state index contributed by atoms with van der Waals surface area (Å²) in [6.45, 7) is 8.05. The highest BCUT2D eigenvalue weighted by molar-refractivity contribution is 5.52. The zero-order valence-electron chi connectivity index (χ0n) is 9.95. The van der Waals surface area contributed by atoms with Gasteiger partial charge in [-0.3, -0.25) is 0 Å². The molecular weight excluding hydrogens is 176 g/mol. The van der Waals surface area contributed by atoms with Gasteiger partial charge in [-0.15, -0.1) is 0 Å². The zero-order chi connectivity index (χ0) is 11.4. The van der Waals surface area contributed by atoms with E-state index < -0.39 is 0 Å². The predicted molar refractivity (Wildman–Crippen MR) is 60.3 cm³/mol. The molecule has 0 spiro atoms. The van der Waals surface area contributed by atoms with Crippen molar-refractivity contribution in [3.63, 3.8) is 0 Å². The van der Waals surface area contributed by atoms with Crippen LogP contribution >= 0.6 is 0 Å². The Morgan fingerprint density at radius 2 is 1.14 bits per heavy atom. The van der Waals surface area contributed by atoms with Crippen molar-refractivity contribution < 1.29 is 9.59 Å². The van der Waals surface area contributed by atoms with Crippen LogP contribution in [-0.2, 0) is 9.59 Å². The van der Waals surface area contributed by atoms with Crippen molar-refractivity contribution in [3.8, 4) is 0 Å². The van der Waals surface area contributed by atoms with Gasteiger partial charge in [-0.2, -0.15) is 0 Å². The van der Waals surface area contributed by atoms with Crippen molar-refractivity contribution in [2.45, 2.75) is 53.4 Å². The number of carbonyl (C=O) groups is 2. The molecule has 0 saturated carbocycles. The summed E-state index contributed by atoms with van der Waals surface area (Å²) in [6, 6.07) is 0. The Balaban J connectivity index is 0. The standard InChI is InChI=1S/2C6H12O/c2*1-3-4-6(2)5-7/h2*5-6H,3-4H2,1-2H3. The lowest BCUT2D eigenvalue weighted by atomic mass is 10.1. The summed E-state index contributed by atoms with van der Waals surface area (Å²) in [5, 5.41) is 0. The van der Waals surface area contributed by atoms with Gasteiger partial charge < -0.3 is 9.59 Å². The van der Waals surface area contributed by atoms with Gasteiger partial charge in [0.25, 0.3) is 0 Å². The van der Waals surface area contributed by atoms with Crippen molar-refractivity contribution in [1.29, 1.82) is 0 Å². The third kappa shape index (κ3) is 13.9. The van der Waals surface area contributed by atoms with Crippen LogP contribution < -0.4 is 0 Å². The zero-order valence-corrected chi connectivity index (χ0v) is 9.95. The lowest BCUT2D eigenvalue weighted by molar-refractivity contribution is -0.111. The van der Waals surface area contributed by atoms with Gasteiger partial charge in [0.15, 0.2) is 0 Å². The largest absolute Gasteiger partial charge is 0.303 e. The van der Waals surface area contributed by atoms with E-state index in [4.69, 9.17) is 0 Å². The first-order valence-corrected chi connectivity index (χ1v) is 5.52. The van der Waals surface area contributed by atoms with Crippen molar-refractivity contribution in [3.05, 3.63) is 0 Å². The molecule has 0 fully saturated rings. The Morgan fingerprint density at radius 3 is 1.21 bits per heavy atom. The van der Waals surface area contributed by atoms with E-state index in [-0.39, 0.29) is 11.8 Å². The molecule has 0 aromatic rings. The molecule has 2 atom stereocenters. The molecule has 0 radical (unpaired) electrons. The molecule has 0 N–H and O–H groups in total. The minimum Gasteiger partial charge on any atom is -0.303 e. The number of rotatable bonds is 6. The summed E-state index contributed by atoms with van der Waals surface area (Å²) in [6.07, 6.45) is 6.29. The van der Waals surface area contributed by atoms with Crippen LogP contribution in [0, 0.1) is 11.8 Å². The van der Waals surface area contributed by atoms with Crippen LogP contribution in [0.2, 0.25) is 0 Å². The number of aldehydes is 2. The minimum absolute atomic E-state index is 0.269. The highest BCUT2D eigenvalue weighted by Gasteiger charge is 1.93. The van der Waals surface area contributed by atoms with Gasteiger partial charge in [-0.25, -0.2) is 0 Å². The van der Waals surface area contributed by atoms with Gasteiger partial charge in [-0.05, 0) is 12.8 Å². The van der Waals surface area contributed by atoms with E-state index in [0.29, 0.717) is 0 Å². The maximum Gasteiger partial charge on any atom is 0.122 e. The second kappa shape index (κ2) is 12.3. The van der Waals surface area contributed by atoms with E-state index in [1.165, 1.54) is 0 Å². The van der Waals surface area contributed by atoms with Gasteiger partial charge in [0.1, 0.15) is 12.6 Å². The lowest BCUT2D eigenvalue weighted by Gasteiger charge is -1.94. The summed E-state index contributed by atoms with van der Waals surface area (Å²) in [7, 11) is 0. The molecule has 0 aromatic heterocycles. The molecule has 2 heteroatoms. The fourth-order valence-electron chi connectivity index (χ4n) is 1.05. The molecule has 2 unspecified atom stereocenters. The van der Waals surface area contributed by atoms with Crippen LogP contribution in [0.25, 0.3) is 0 Å². The SMILES string of the molecule is CCCC(C)C=O.CCCC(C)C=O. The third-order valence-corrected chi connectivity index (χ3v) is 1.95. The Morgan fingerprint density at radius 1 is 0.857 bits per heavy atom. The quantitative estimate of drug-likeness (QED) is 0.617. The first kappa shape index (κ1) is 15.8. The smallest absolute Gasteiger partial charge is 0.122 e. The summed E-state index contributed by atoms with van der Waals surface area (Å²) in [4.78, 5) is 19.8. The Labute approximate surface area is 88.1 Å². The molecule has 2 nitrogen and oxygen atoms in total. The maximum absolute atomic E-state index is 9.89. The first-order chi connectivity index (χ1) is 6.62. The predicted octanol–water partition coefficient (Wildman–Crippen LogP) is 3.24. The molecule has 0 amide bonds. The van der Waals surface area contributed by atoms with Crippen molar-refractivity contribution in [2.24, 2.45) is 11.8 Å². The number of hydrogen-bond acceptors (Lipinski definition) is 2. The molecule has 0 aromatic carbocycles. The molecule has 0 aliphatic rings. The normalized spacial score (nSPS) is 13.4. The van der Waals surface area contributed by atoms with E-state index in [0.717, 1.165) is 38.3 Å². The summed E-state index contributed by atoms with van der Waals surface area (Å²) >= 11 is 0. The lowest BCUT2D eigenvalue weighted by Crippen LogP contribution is -1.92. The Hall–Kier alpha value is -0.660. The molecule has 0 aliphatic carbocycles. The van der Waals surface area contributed by atoms with E-state index in [1.807, 2.05) is 13.8 Å². The van der Waals surface area contributed by atoms with Crippen LogP contribution in [0.15, 0.2) is 0 Å². The second-order valence-corrected chi connectivity index (χ2v) is 3.80. The van der Waals surface area contributed by atoms with Crippen molar-refractivity contribution >= 4 is 12.6 Å².